The lowest BCUT2D eigenvalue weighted by Crippen LogP contribution is -2.07. The lowest BCUT2D eigenvalue weighted by atomic mass is 10.4. The van der Waals surface area contributed by atoms with Gasteiger partial charge < -0.3 is 19.7 Å². The molecule has 0 aromatic rings. The van der Waals surface area contributed by atoms with Crippen molar-refractivity contribution in [2.24, 2.45) is 0 Å². The number of aliphatic hydroxyl groups is 2. The Hall–Kier alpha value is -0.760. The summed E-state index contributed by atoms with van der Waals surface area (Å²) < 4.78 is 10.2. The molecule has 0 saturated carbocycles. The first kappa shape index (κ1) is 15.7. The molecule has 0 bridgehead atoms. The SMILES string of the molecule is C#CO.CCCCOCCOCCO. The van der Waals surface area contributed by atoms with Gasteiger partial charge >= 0.3 is 0 Å². The molecule has 0 unspecified atom stereocenters. The Labute approximate surface area is 85.8 Å². The second-order valence-corrected chi connectivity index (χ2v) is 2.43. The minimum absolute atomic E-state index is 0.0922. The van der Waals surface area contributed by atoms with Crippen LogP contribution in [0, 0.1) is 12.5 Å². The van der Waals surface area contributed by atoms with E-state index in [2.05, 4.69) is 13.3 Å². The minimum atomic E-state index is 0.0922. The third-order valence-corrected chi connectivity index (χ3v) is 1.25. The molecule has 0 heterocycles. The van der Waals surface area contributed by atoms with Crippen LogP contribution in [0.5, 0.6) is 0 Å². The van der Waals surface area contributed by atoms with Gasteiger partial charge in [0, 0.05) is 6.61 Å². The summed E-state index contributed by atoms with van der Waals surface area (Å²) in [5, 5.41) is 15.4. The highest BCUT2D eigenvalue weighted by molar-refractivity contribution is 4.61. The van der Waals surface area contributed by atoms with E-state index >= 15 is 0 Å². The molecule has 0 aromatic heterocycles. The first-order chi connectivity index (χ1) is 6.83. The number of aliphatic hydroxyl groups excluding tert-OH is 2. The minimum Gasteiger partial charge on any atom is -0.462 e. The van der Waals surface area contributed by atoms with Crippen LogP contribution in [-0.2, 0) is 9.47 Å². The van der Waals surface area contributed by atoms with Gasteiger partial charge in [0.1, 0.15) is 6.11 Å². The van der Waals surface area contributed by atoms with Gasteiger partial charge in [-0.1, -0.05) is 19.8 Å². The van der Waals surface area contributed by atoms with Crippen molar-refractivity contribution in [3.05, 3.63) is 0 Å². The standard InChI is InChI=1S/C8H18O3.C2H2O/c1-2-3-5-10-7-8-11-6-4-9;1-2-3/h9H,2-8H2,1H3;1,3H. The molecule has 0 radical (unpaired) electrons. The summed E-state index contributed by atoms with van der Waals surface area (Å²) in [6.07, 6.45) is 7.68. The quantitative estimate of drug-likeness (QED) is 0.453. The zero-order valence-electron chi connectivity index (χ0n) is 8.74. The number of rotatable bonds is 8. The smallest absolute Gasteiger partial charge is 0.103 e. The van der Waals surface area contributed by atoms with Crippen LogP contribution in [0.25, 0.3) is 0 Å². The molecule has 0 spiro atoms. The van der Waals surface area contributed by atoms with Crippen LogP contribution in [0.1, 0.15) is 19.8 Å². The number of hydrogen-bond donors (Lipinski definition) is 2. The number of terminal acetylenes is 1. The topological polar surface area (TPSA) is 58.9 Å². The second-order valence-electron chi connectivity index (χ2n) is 2.43. The predicted molar refractivity (Wildman–Crippen MR) is 54.4 cm³/mol. The van der Waals surface area contributed by atoms with Crippen LogP contribution in [0.2, 0.25) is 0 Å². The maximum Gasteiger partial charge on any atom is 0.103 e. The Morgan fingerprint density at radius 3 is 2.07 bits per heavy atom. The highest BCUT2D eigenvalue weighted by Crippen LogP contribution is 1.87. The second kappa shape index (κ2) is 18.1. The molecule has 4 nitrogen and oxygen atoms in total. The molecule has 2 N–H and O–H groups in total. The van der Waals surface area contributed by atoms with Crippen LogP contribution in [0.3, 0.4) is 0 Å². The predicted octanol–water partition coefficient (Wildman–Crippen LogP) is 0.762. The van der Waals surface area contributed by atoms with Crippen molar-refractivity contribution in [1.29, 1.82) is 0 Å². The van der Waals surface area contributed by atoms with Crippen LogP contribution >= 0.6 is 0 Å². The molecule has 0 aliphatic rings. The van der Waals surface area contributed by atoms with Crippen molar-refractivity contribution in [3.8, 4) is 12.5 Å². The van der Waals surface area contributed by atoms with Crippen molar-refractivity contribution in [2.45, 2.75) is 19.8 Å². The Morgan fingerprint density at radius 1 is 1.14 bits per heavy atom. The summed E-state index contributed by atoms with van der Waals surface area (Å²) in [5.41, 5.74) is 0. The normalized spacial score (nSPS) is 8.64. The van der Waals surface area contributed by atoms with Crippen LogP contribution in [0.4, 0.5) is 0 Å². The van der Waals surface area contributed by atoms with Crippen molar-refractivity contribution < 1.29 is 19.7 Å². The molecule has 84 valence electrons. The molecule has 0 amide bonds. The largest absolute Gasteiger partial charge is 0.462 e. The fourth-order valence-corrected chi connectivity index (χ4v) is 0.633. The van der Waals surface area contributed by atoms with E-state index in [-0.39, 0.29) is 6.61 Å². The van der Waals surface area contributed by atoms with E-state index < -0.39 is 0 Å². The summed E-state index contributed by atoms with van der Waals surface area (Å²) >= 11 is 0. The molecular formula is C10H20O4. The summed E-state index contributed by atoms with van der Waals surface area (Å²) in [5.74, 6) is 0. The van der Waals surface area contributed by atoms with Crippen LogP contribution < -0.4 is 0 Å². The molecule has 0 saturated heterocycles. The van der Waals surface area contributed by atoms with Gasteiger partial charge in [0.05, 0.1) is 26.4 Å². The average molecular weight is 204 g/mol. The lowest BCUT2D eigenvalue weighted by molar-refractivity contribution is 0.0324. The molecule has 14 heavy (non-hydrogen) atoms. The zero-order valence-corrected chi connectivity index (χ0v) is 8.74. The first-order valence-electron chi connectivity index (χ1n) is 4.69. The van der Waals surface area contributed by atoms with Gasteiger partial charge in [0.25, 0.3) is 0 Å². The summed E-state index contributed by atoms with van der Waals surface area (Å²) in [4.78, 5) is 0. The monoisotopic (exact) mass is 204 g/mol. The highest BCUT2D eigenvalue weighted by Gasteiger charge is 1.87. The van der Waals surface area contributed by atoms with E-state index in [4.69, 9.17) is 19.7 Å². The molecular weight excluding hydrogens is 184 g/mol. The van der Waals surface area contributed by atoms with Crippen molar-refractivity contribution in [3.63, 3.8) is 0 Å². The van der Waals surface area contributed by atoms with Gasteiger partial charge in [-0.3, -0.25) is 0 Å². The van der Waals surface area contributed by atoms with E-state index in [0.29, 0.717) is 19.8 Å². The molecule has 0 fully saturated rings. The Morgan fingerprint density at radius 2 is 1.64 bits per heavy atom. The maximum absolute atomic E-state index is 8.34. The van der Waals surface area contributed by atoms with E-state index in [0.717, 1.165) is 19.4 Å². The number of ether oxygens (including phenoxy) is 2. The lowest BCUT2D eigenvalue weighted by Gasteiger charge is -2.02. The van der Waals surface area contributed by atoms with Gasteiger partial charge in [-0.25, -0.2) is 0 Å². The first-order valence-corrected chi connectivity index (χ1v) is 4.69. The molecule has 0 atom stereocenters. The van der Waals surface area contributed by atoms with Crippen molar-refractivity contribution in [2.75, 3.05) is 33.0 Å². The van der Waals surface area contributed by atoms with Crippen LogP contribution in [0.15, 0.2) is 0 Å². The highest BCUT2D eigenvalue weighted by atomic mass is 16.5. The fourth-order valence-electron chi connectivity index (χ4n) is 0.633. The number of unbranched alkanes of at least 4 members (excludes halogenated alkanes) is 1. The maximum atomic E-state index is 8.34. The molecule has 4 heteroatoms. The summed E-state index contributed by atoms with van der Waals surface area (Å²) in [6.45, 7) is 4.68. The van der Waals surface area contributed by atoms with Gasteiger partial charge in [-0.2, -0.15) is 0 Å². The van der Waals surface area contributed by atoms with Crippen molar-refractivity contribution >= 4 is 0 Å². The molecule has 0 aromatic carbocycles. The van der Waals surface area contributed by atoms with E-state index in [9.17, 15) is 0 Å². The summed E-state index contributed by atoms with van der Waals surface area (Å²) in [6, 6.07) is 0. The Balaban J connectivity index is 0. The third kappa shape index (κ3) is 22.5. The van der Waals surface area contributed by atoms with E-state index in [1.807, 2.05) is 0 Å². The Kier molecular flexibility index (Phi) is 20.3. The molecule has 0 aliphatic carbocycles. The average Bonchev–Trinajstić information content (AvgIpc) is 2.18. The number of hydrogen-bond acceptors (Lipinski definition) is 4. The molecule has 0 rings (SSSR count). The molecule has 0 aliphatic heterocycles. The zero-order chi connectivity index (χ0) is 11.1. The van der Waals surface area contributed by atoms with Gasteiger partial charge in [0.2, 0.25) is 0 Å². The van der Waals surface area contributed by atoms with Gasteiger partial charge in [-0.15, -0.1) is 0 Å². The van der Waals surface area contributed by atoms with E-state index in [1.165, 1.54) is 6.11 Å². The van der Waals surface area contributed by atoms with E-state index in [1.54, 1.807) is 0 Å². The van der Waals surface area contributed by atoms with Gasteiger partial charge in [-0.05, 0) is 6.42 Å². The van der Waals surface area contributed by atoms with Crippen molar-refractivity contribution in [1.82, 2.24) is 0 Å². The van der Waals surface area contributed by atoms with Crippen LogP contribution in [-0.4, -0.2) is 43.2 Å². The third-order valence-electron chi connectivity index (χ3n) is 1.25. The summed E-state index contributed by atoms with van der Waals surface area (Å²) in [7, 11) is 0. The fraction of sp³-hybridized carbons (Fsp3) is 0.800. The Bertz CT molecular complexity index is 112. The van der Waals surface area contributed by atoms with Gasteiger partial charge in [0.15, 0.2) is 0 Å².